The molecule has 0 aliphatic carbocycles. The maximum atomic E-state index is 4.99. The predicted molar refractivity (Wildman–Crippen MR) is 49.4 cm³/mol. The Bertz CT molecular complexity index is 364. The second kappa shape index (κ2) is 3.35. The summed E-state index contributed by atoms with van der Waals surface area (Å²) in [4.78, 5) is 3.09. The maximum Gasteiger partial charge on any atom is 0.225 e. The van der Waals surface area contributed by atoms with Crippen molar-refractivity contribution in [1.29, 1.82) is 0 Å². The van der Waals surface area contributed by atoms with Gasteiger partial charge in [0.05, 0.1) is 12.2 Å². The van der Waals surface area contributed by atoms with E-state index in [9.17, 15) is 0 Å². The van der Waals surface area contributed by atoms with Gasteiger partial charge >= 0.3 is 0 Å². The van der Waals surface area contributed by atoms with Gasteiger partial charge in [0.15, 0.2) is 0 Å². The molecule has 0 unspecified atom stereocenters. The Morgan fingerprint density at radius 2 is 2.54 bits per heavy atom. The lowest BCUT2D eigenvalue weighted by atomic mass is 10.4. The average molecular weight is 177 g/mol. The standard InChI is InChI=1S/C9H11N3O/c1-7-5-9(13-12-7)11-6-8-3-2-4-10-8/h2-5,10-11H,6H2,1H3. The first-order chi connectivity index (χ1) is 6.34. The minimum Gasteiger partial charge on any atom is -0.364 e. The Kier molecular flexibility index (Phi) is 2.04. The Morgan fingerprint density at radius 1 is 1.62 bits per heavy atom. The molecule has 2 aromatic rings. The molecule has 0 fully saturated rings. The lowest BCUT2D eigenvalue weighted by Gasteiger charge is -1.97. The molecule has 4 nitrogen and oxygen atoms in total. The molecule has 0 radical (unpaired) electrons. The summed E-state index contributed by atoms with van der Waals surface area (Å²) in [6.45, 7) is 2.62. The summed E-state index contributed by atoms with van der Waals surface area (Å²) in [6.07, 6.45) is 1.89. The lowest BCUT2D eigenvalue weighted by Crippen LogP contribution is -1.97. The number of aromatic amines is 1. The van der Waals surface area contributed by atoms with Gasteiger partial charge in [0.1, 0.15) is 0 Å². The Labute approximate surface area is 75.9 Å². The van der Waals surface area contributed by atoms with Gasteiger partial charge in [-0.3, -0.25) is 0 Å². The van der Waals surface area contributed by atoms with Crippen molar-refractivity contribution < 1.29 is 4.52 Å². The third-order valence-corrected chi connectivity index (χ3v) is 1.74. The molecule has 0 aliphatic rings. The number of hydrogen-bond acceptors (Lipinski definition) is 3. The molecule has 68 valence electrons. The molecule has 0 bridgehead atoms. The smallest absolute Gasteiger partial charge is 0.225 e. The number of anilines is 1. The summed E-state index contributed by atoms with van der Waals surface area (Å²) in [7, 11) is 0. The fourth-order valence-corrected chi connectivity index (χ4v) is 1.11. The van der Waals surface area contributed by atoms with E-state index in [1.807, 2.05) is 31.3 Å². The minimum absolute atomic E-state index is 0.701. The van der Waals surface area contributed by atoms with Crippen LogP contribution in [0.3, 0.4) is 0 Å². The van der Waals surface area contributed by atoms with Gasteiger partial charge in [0.2, 0.25) is 5.88 Å². The van der Waals surface area contributed by atoms with Crippen LogP contribution in [0.25, 0.3) is 0 Å². The molecule has 0 spiro atoms. The van der Waals surface area contributed by atoms with E-state index in [0.717, 1.165) is 17.9 Å². The van der Waals surface area contributed by atoms with Gasteiger partial charge in [-0.25, -0.2) is 0 Å². The number of H-pyrrole nitrogens is 1. The van der Waals surface area contributed by atoms with Crippen LogP contribution in [0.15, 0.2) is 28.9 Å². The molecule has 2 rings (SSSR count). The van der Waals surface area contributed by atoms with E-state index in [1.165, 1.54) is 0 Å². The normalized spacial score (nSPS) is 10.2. The van der Waals surface area contributed by atoms with Crippen molar-refractivity contribution in [2.75, 3.05) is 5.32 Å². The highest BCUT2D eigenvalue weighted by atomic mass is 16.5. The number of aryl methyl sites for hydroxylation is 1. The van der Waals surface area contributed by atoms with E-state index in [2.05, 4.69) is 15.5 Å². The first-order valence-corrected chi connectivity index (χ1v) is 4.14. The van der Waals surface area contributed by atoms with Gasteiger partial charge in [-0.05, 0) is 19.1 Å². The molecule has 0 aliphatic heterocycles. The SMILES string of the molecule is Cc1cc(NCc2ccc[nH]2)on1. The zero-order chi connectivity index (χ0) is 9.10. The highest BCUT2D eigenvalue weighted by molar-refractivity contribution is 5.31. The van der Waals surface area contributed by atoms with Gasteiger partial charge in [0.25, 0.3) is 0 Å². The number of aromatic nitrogens is 2. The zero-order valence-corrected chi connectivity index (χ0v) is 7.37. The van der Waals surface area contributed by atoms with Crippen molar-refractivity contribution in [3.8, 4) is 0 Å². The molecule has 0 aromatic carbocycles. The molecule has 2 heterocycles. The average Bonchev–Trinajstić information content (AvgIpc) is 2.71. The van der Waals surface area contributed by atoms with Crippen LogP contribution in [0.4, 0.5) is 5.88 Å². The summed E-state index contributed by atoms with van der Waals surface area (Å²) < 4.78 is 4.99. The van der Waals surface area contributed by atoms with E-state index in [-0.39, 0.29) is 0 Å². The third kappa shape index (κ3) is 1.90. The Morgan fingerprint density at radius 3 is 3.15 bits per heavy atom. The summed E-state index contributed by atoms with van der Waals surface area (Å²) in [5.74, 6) is 0.701. The second-order valence-electron chi connectivity index (χ2n) is 2.88. The van der Waals surface area contributed by atoms with Crippen molar-refractivity contribution in [2.45, 2.75) is 13.5 Å². The molecular formula is C9H11N3O. The summed E-state index contributed by atoms with van der Waals surface area (Å²) in [5.41, 5.74) is 2.00. The largest absolute Gasteiger partial charge is 0.364 e. The number of nitrogens with zero attached hydrogens (tertiary/aromatic N) is 1. The van der Waals surface area contributed by atoms with Crippen LogP contribution in [0, 0.1) is 6.92 Å². The first-order valence-electron chi connectivity index (χ1n) is 4.14. The summed E-state index contributed by atoms with van der Waals surface area (Å²) in [6, 6.07) is 5.84. The molecule has 4 heteroatoms. The lowest BCUT2D eigenvalue weighted by molar-refractivity contribution is 0.426. The van der Waals surface area contributed by atoms with Gasteiger partial charge in [-0.2, -0.15) is 0 Å². The molecule has 2 aromatic heterocycles. The van der Waals surface area contributed by atoms with Crippen LogP contribution < -0.4 is 5.32 Å². The minimum atomic E-state index is 0.701. The number of hydrogen-bond donors (Lipinski definition) is 2. The topological polar surface area (TPSA) is 53.9 Å². The quantitative estimate of drug-likeness (QED) is 0.753. The maximum absolute atomic E-state index is 4.99. The van der Waals surface area contributed by atoms with Crippen LogP contribution in [0.2, 0.25) is 0 Å². The highest BCUT2D eigenvalue weighted by Crippen LogP contribution is 2.09. The molecule has 2 N–H and O–H groups in total. The van der Waals surface area contributed by atoms with Crippen molar-refractivity contribution in [3.05, 3.63) is 35.8 Å². The van der Waals surface area contributed by atoms with Crippen molar-refractivity contribution in [3.63, 3.8) is 0 Å². The van der Waals surface area contributed by atoms with Gasteiger partial charge in [-0.15, -0.1) is 0 Å². The van der Waals surface area contributed by atoms with Gasteiger partial charge in [-0.1, -0.05) is 5.16 Å². The first kappa shape index (κ1) is 7.91. The molecule has 0 saturated carbocycles. The van der Waals surface area contributed by atoms with Gasteiger partial charge in [0, 0.05) is 18.0 Å². The van der Waals surface area contributed by atoms with Crippen molar-refractivity contribution >= 4 is 5.88 Å². The van der Waals surface area contributed by atoms with Crippen LogP contribution in [0.1, 0.15) is 11.4 Å². The van der Waals surface area contributed by atoms with E-state index in [4.69, 9.17) is 4.52 Å². The molecule has 13 heavy (non-hydrogen) atoms. The molecule has 0 amide bonds. The van der Waals surface area contributed by atoms with Crippen LogP contribution in [0.5, 0.6) is 0 Å². The van der Waals surface area contributed by atoms with E-state index in [1.54, 1.807) is 0 Å². The van der Waals surface area contributed by atoms with E-state index in [0.29, 0.717) is 5.88 Å². The second-order valence-corrected chi connectivity index (χ2v) is 2.88. The van der Waals surface area contributed by atoms with Crippen LogP contribution in [-0.2, 0) is 6.54 Å². The molecule has 0 atom stereocenters. The van der Waals surface area contributed by atoms with Crippen LogP contribution in [-0.4, -0.2) is 10.1 Å². The highest BCUT2D eigenvalue weighted by Gasteiger charge is 1.99. The monoisotopic (exact) mass is 177 g/mol. The number of nitrogens with one attached hydrogen (secondary N) is 2. The summed E-state index contributed by atoms with van der Waals surface area (Å²) >= 11 is 0. The van der Waals surface area contributed by atoms with Gasteiger partial charge < -0.3 is 14.8 Å². The van der Waals surface area contributed by atoms with Crippen LogP contribution >= 0.6 is 0 Å². The number of rotatable bonds is 3. The third-order valence-electron chi connectivity index (χ3n) is 1.74. The summed E-state index contributed by atoms with van der Waals surface area (Å²) in [5, 5.41) is 6.88. The van der Waals surface area contributed by atoms with Crippen molar-refractivity contribution in [1.82, 2.24) is 10.1 Å². The van der Waals surface area contributed by atoms with E-state index < -0.39 is 0 Å². The fourth-order valence-electron chi connectivity index (χ4n) is 1.11. The zero-order valence-electron chi connectivity index (χ0n) is 7.37. The Balaban J connectivity index is 1.93. The fraction of sp³-hybridized carbons (Fsp3) is 0.222. The predicted octanol–water partition coefficient (Wildman–Crippen LogP) is 1.92. The van der Waals surface area contributed by atoms with E-state index >= 15 is 0 Å². The molecule has 0 saturated heterocycles. The van der Waals surface area contributed by atoms with Crippen molar-refractivity contribution in [2.24, 2.45) is 0 Å². The molecular weight excluding hydrogens is 166 g/mol. The Hall–Kier alpha value is -1.71.